The Balaban J connectivity index is 2.29. The number of aromatic nitrogens is 2. The monoisotopic (exact) mass is 302 g/mol. The molecule has 8 nitrogen and oxygen atoms in total. The number of nitrogens with zero attached hydrogens (tertiary/aromatic N) is 3. The molecular formula is C11H18N4O4S. The summed E-state index contributed by atoms with van der Waals surface area (Å²) in [5.41, 5.74) is -0.332. The van der Waals surface area contributed by atoms with Crippen LogP contribution in [0.4, 0.5) is 0 Å². The fraction of sp³-hybridized carbons (Fsp3) is 0.636. The van der Waals surface area contributed by atoms with E-state index in [1.54, 1.807) is 0 Å². The highest BCUT2D eigenvalue weighted by molar-refractivity contribution is 7.89. The van der Waals surface area contributed by atoms with Crippen molar-refractivity contribution in [1.82, 2.24) is 19.4 Å². The van der Waals surface area contributed by atoms with Crippen LogP contribution < -0.4 is 0 Å². The fourth-order valence-corrected chi connectivity index (χ4v) is 3.84. The van der Waals surface area contributed by atoms with E-state index in [0.29, 0.717) is 6.54 Å². The van der Waals surface area contributed by atoms with Gasteiger partial charge in [-0.15, -0.1) is 0 Å². The number of H-pyrrole nitrogens is 1. The zero-order valence-corrected chi connectivity index (χ0v) is 12.2. The smallest absolute Gasteiger partial charge is 0.340 e. The van der Waals surface area contributed by atoms with Gasteiger partial charge in [-0.1, -0.05) is 0 Å². The van der Waals surface area contributed by atoms with Crippen molar-refractivity contribution in [3.63, 3.8) is 0 Å². The van der Waals surface area contributed by atoms with Gasteiger partial charge in [0.05, 0.1) is 6.20 Å². The molecule has 2 heterocycles. The van der Waals surface area contributed by atoms with E-state index in [0.717, 1.165) is 25.6 Å². The number of rotatable bonds is 4. The molecule has 1 aliphatic heterocycles. The zero-order valence-electron chi connectivity index (χ0n) is 11.4. The highest BCUT2D eigenvalue weighted by atomic mass is 32.2. The molecule has 1 saturated heterocycles. The second-order valence-electron chi connectivity index (χ2n) is 5.00. The molecule has 1 unspecified atom stereocenters. The van der Waals surface area contributed by atoms with Crippen LogP contribution in [0.2, 0.25) is 0 Å². The van der Waals surface area contributed by atoms with E-state index in [-0.39, 0.29) is 16.6 Å². The minimum absolute atomic E-state index is 0.163. The number of hydrogen-bond donors (Lipinski definition) is 2. The highest BCUT2D eigenvalue weighted by Crippen LogP contribution is 2.22. The van der Waals surface area contributed by atoms with Gasteiger partial charge in [0.15, 0.2) is 5.03 Å². The van der Waals surface area contributed by atoms with E-state index in [1.807, 2.05) is 7.05 Å². The number of aromatic amines is 1. The van der Waals surface area contributed by atoms with Crippen molar-refractivity contribution < 1.29 is 18.3 Å². The number of carbonyl (C=O) groups is 1. The number of aromatic carboxylic acids is 1. The average Bonchev–Trinajstić information content (AvgIpc) is 2.87. The van der Waals surface area contributed by atoms with Gasteiger partial charge in [-0.2, -0.15) is 9.40 Å². The second-order valence-corrected chi connectivity index (χ2v) is 6.93. The first-order valence-corrected chi connectivity index (χ1v) is 7.71. The van der Waals surface area contributed by atoms with Crippen molar-refractivity contribution in [2.45, 2.75) is 23.9 Å². The number of sulfonamides is 1. The summed E-state index contributed by atoms with van der Waals surface area (Å²) >= 11 is 0. The zero-order chi connectivity index (χ0) is 14.9. The van der Waals surface area contributed by atoms with E-state index >= 15 is 0 Å². The fourth-order valence-electron chi connectivity index (χ4n) is 2.40. The first kappa shape index (κ1) is 14.9. The van der Waals surface area contributed by atoms with E-state index in [4.69, 9.17) is 5.11 Å². The number of likely N-dealkylation sites (tertiary alicyclic amines) is 1. The lowest BCUT2D eigenvalue weighted by molar-refractivity contribution is 0.0692. The van der Waals surface area contributed by atoms with Crippen LogP contribution in [-0.2, 0) is 10.0 Å². The Morgan fingerprint density at radius 3 is 2.90 bits per heavy atom. The molecule has 2 rings (SSSR count). The number of carboxylic acid groups (broad SMARTS) is 1. The summed E-state index contributed by atoms with van der Waals surface area (Å²) in [6.45, 7) is 1.57. The van der Waals surface area contributed by atoms with Crippen molar-refractivity contribution in [3.8, 4) is 0 Å². The third kappa shape index (κ3) is 2.69. The molecule has 0 spiro atoms. The maximum absolute atomic E-state index is 12.5. The summed E-state index contributed by atoms with van der Waals surface area (Å²) in [7, 11) is -0.473. The summed E-state index contributed by atoms with van der Waals surface area (Å²) in [6, 6.07) is -0.163. The van der Waals surface area contributed by atoms with Crippen molar-refractivity contribution in [3.05, 3.63) is 11.8 Å². The molecule has 0 aliphatic carbocycles. The Morgan fingerprint density at radius 2 is 2.30 bits per heavy atom. The molecule has 0 aromatic carbocycles. The van der Waals surface area contributed by atoms with Crippen LogP contribution in [0.5, 0.6) is 0 Å². The van der Waals surface area contributed by atoms with E-state index in [9.17, 15) is 13.2 Å². The molecule has 112 valence electrons. The van der Waals surface area contributed by atoms with E-state index in [2.05, 4.69) is 15.1 Å². The molecule has 0 radical (unpaired) electrons. The SMILES string of the molecule is CN1CCCC(N(C)S(=O)(=O)c2[nH]ncc2C(=O)O)C1. The van der Waals surface area contributed by atoms with Crippen LogP contribution in [0.1, 0.15) is 23.2 Å². The molecule has 1 aliphatic rings. The van der Waals surface area contributed by atoms with Gasteiger partial charge < -0.3 is 10.0 Å². The molecule has 0 saturated carbocycles. The summed E-state index contributed by atoms with van der Waals surface area (Å²) in [4.78, 5) is 13.1. The van der Waals surface area contributed by atoms with Crippen molar-refractivity contribution in [2.75, 3.05) is 27.2 Å². The number of nitrogens with one attached hydrogen (secondary N) is 1. The number of carboxylic acids is 1. The van der Waals surface area contributed by atoms with Crippen LogP contribution >= 0.6 is 0 Å². The molecule has 1 aromatic heterocycles. The minimum atomic E-state index is -3.89. The van der Waals surface area contributed by atoms with Gasteiger partial charge >= 0.3 is 5.97 Å². The number of hydrogen-bond acceptors (Lipinski definition) is 5. The molecule has 20 heavy (non-hydrogen) atoms. The van der Waals surface area contributed by atoms with Crippen molar-refractivity contribution in [1.29, 1.82) is 0 Å². The van der Waals surface area contributed by atoms with Crippen LogP contribution in [0.15, 0.2) is 11.2 Å². The van der Waals surface area contributed by atoms with Gasteiger partial charge in [0, 0.05) is 19.6 Å². The quantitative estimate of drug-likeness (QED) is 0.799. The predicted octanol–water partition coefficient (Wildman–Crippen LogP) is -0.177. The lowest BCUT2D eigenvalue weighted by Crippen LogP contribution is -2.47. The molecule has 0 bridgehead atoms. The molecule has 1 atom stereocenters. The minimum Gasteiger partial charge on any atom is -0.478 e. The molecule has 1 fully saturated rings. The largest absolute Gasteiger partial charge is 0.478 e. The van der Waals surface area contributed by atoms with Crippen LogP contribution in [0.3, 0.4) is 0 Å². The summed E-state index contributed by atoms with van der Waals surface area (Å²) in [5, 5.41) is 14.5. The molecule has 9 heteroatoms. The first-order valence-electron chi connectivity index (χ1n) is 6.27. The Labute approximate surface area is 117 Å². The van der Waals surface area contributed by atoms with Gasteiger partial charge in [-0.3, -0.25) is 5.10 Å². The average molecular weight is 302 g/mol. The number of piperidine rings is 1. The predicted molar refractivity (Wildman–Crippen MR) is 71.0 cm³/mol. The lowest BCUT2D eigenvalue weighted by atomic mass is 10.1. The molecule has 0 amide bonds. The maximum Gasteiger partial charge on any atom is 0.340 e. The first-order chi connectivity index (χ1) is 9.34. The van der Waals surface area contributed by atoms with Crippen LogP contribution in [0, 0.1) is 0 Å². The molecule has 2 N–H and O–H groups in total. The van der Waals surface area contributed by atoms with E-state index < -0.39 is 16.0 Å². The maximum atomic E-state index is 12.5. The van der Waals surface area contributed by atoms with Crippen LogP contribution in [-0.4, -0.2) is 72.1 Å². The van der Waals surface area contributed by atoms with Crippen LogP contribution in [0.25, 0.3) is 0 Å². The third-order valence-electron chi connectivity index (χ3n) is 3.59. The van der Waals surface area contributed by atoms with Crippen molar-refractivity contribution >= 4 is 16.0 Å². The highest BCUT2D eigenvalue weighted by Gasteiger charge is 2.34. The third-order valence-corrected chi connectivity index (χ3v) is 5.47. The number of likely N-dealkylation sites (N-methyl/N-ethyl adjacent to an activating group) is 2. The Morgan fingerprint density at radius 1 is 1.60 bits per heavy atom. The van der Waals surface area contributed by atoms with E-state index in [1.165, 1.54) is 11.4 Å². The van der Waals surface area contributed by atoms with Crippen molar-refractivity contribution in [2.24, 2.45) is 0 Å². The lowest BCUT2D eigenvalue weighted by Gasteiger charge is -2.34. The Bertz CT molecular complexity index is 597. The van der Waals surface area contributed by atoms with Gasteiger partial charge in [0.2, 0.25) is 0 Å². The topological polar surface area (TPSA) is 107 Å². The Hall–Kier alpha value is -1.45. The molecular weight excluding hydrogens is 284 g/mol. The standard InChI is InChI=1S/C11H18N4O4S/c1-14-5-3-4-8(7-14)15(2)20(18,19)10-9(11(16)17)6-12-13-10/h6,8H,3-5,7H2,1-2H3,(H,12,13)(H,16,17). The summed E-state index contributed by atoms with van der Waals surface area (Å²) in [5.74, 6) is -1.31. The van der Waals surface area contributed by atoms with Gasteiger partial charge in [-0.05, 0) is 26.4 Å². The van der Waals surface area contributed by atoms with Gasteiger partial charge in [-0.25, -0.2) is 13.2 Å². The van der Waals surface area contributed by atoms with Gasteiger partial charge in [0.25, 0.3) is 10.0 Å². The molecule has 1 aromatic rings. The normalized spacial score (nSPS) is 21.2. The van der Waals surface area contributed by atoms with Gasteiger partial charge in [0.1, 0.15) is 5.56 Å². The Kier molecular flexibility index (Phi) is 4.11. The summed E-state index contributed by atoms with van der Waals surface area (Å²) in [6.07, 6.45) is 2.68. The second kappa shape index (κ2) is 5.51. The summed E-state index contributed by atoms with van der Waals surface area (Å²) < 4.78 is 26.2.